The molecule has 1 saturated carbocycles. The smallest absolute Gasteiger partial charge is 0.313 e. The number of nitrogens with zero attached hydrogens (tertiary/aromatic N) is 2. The molecule has 1 aromatic rings. The second-order valence-corrected chi connectivity index (χ2v) is 8.44. The molecular formula is C22H29FN2O3. The maximum absolute atomic E-state index is 14.1. The molecule has 5 nitrogen and oxygen atoms in total. The van der Waals surface area contributed by atoms with Crippen molar-refractivity contribution in [3.8, 4) is 0 Å². The van der Waals surface area contributed by atoms with Crippen LogP contribution in [-0.4, -0.2) is 48.9 Å². The van der Waals surface area contributed by atoms with E-state index in [0.29, 0.717) is 30.7 Å². The summed E-state index contributed by atoms with van der Waals surface area (Å²) in [5.74, 6) is 0.369. The van der Waals surface area contributed by atoms with Crippen molar-refractivity contribution in [1.82, 2.24) is 4.90 Å². The number of carbonyl (C=O) groups excluding carboxylic acids is 1. The summed E-state index contributed by atoms with van der Waals surface area (Å²) in [7, 11) is 0. The van der Waals surface area contributed by atoms with Crippen LogP contribution in [0, 0.1) is 17.2 Å². The molecular weight excluding hydrogens is 359 g/mol. The molecule has 0 bridgehead atoms. The number of rotatable bonds is 7. The van der Waals surface area contributed by atoms with E-state index in [2.05, 4.69) is 10.1 Å². The highest BCUT2D eigenvalue weighted by molar-refractivity contribution is 6.01. The zero-order chi connectivity index (χ0) is 19.6. The quantitative estimate of drug-likeness (QED) is 0.668. The van der Waals surface area contributed by atoms with Crippen molar-refractivity contribution in [2.75, 3.05) is 26.2 Å². The fraction of sp³-hybridized carbons (Fsp3) is 0.636. The lowest BCUT2D eigenvalue weighted by molar-refractivity contribution is -0.162. The molecule has 6 heteroatoms. The van der Waals surface area contributed by atoms with E-state index < -0.39 is 5.41 Å². The summed E-state index contributed by atoms with van der Waals surface area (Å²) in [6.07, 6.45) is 5.25. The zero-order valence-corrected chi connectivity index (χ0v) is 16.5. The molecule has 4 rings (SSSR count). The van der Waals surface area contributed by atoms with Crippen LogP contribution in [0.1, 0.15) is 51.0 Å². The van der Waals surface area contributed by atoms with Gasteiger partial charge in [0.15, 0.2) is 0 Å². The van der Waals surface area contributed by atoms with Crippen molar-refractivity contribution >= 4 is 11.7 Å². The molecule has 2 heterocycles. The first kappa shape index (κ1) is 19.4. The Balaban J connectivity index is 1.46. The first-order valence-electron chi connectivity index (χ1n) is 10.5. The number of hydrogen-bond donors (Lipinski definition) is 0. The SMILES string of the molecule is CCOC(=O)[C@@]1(C[C@@H]2CC(c3ccccc3F)=NO2)CCCN(CC2CC2)C1. The normalized spacial score (nSPS) is 27.9. The number of hydrogen-bond acceptors (Lipinski definition) is 5. The molecule has 0 unspecified atom stereocenters. The fourth-order valence-electron chi connectivity index (χ4n) is 4.58. The van der Waals surface area contributed by atoms with Crippen molar-refractivity contribution in [2.45, 2.75) is 51.6 Å². The Kier molecular flexibility index (Phi) is 5.67. The average molecular weight is 388 g/mol. The fourth-order valence-corrected chi connectivity index (χ4v) is 4.58. The number of esters is 1. The average Bonchev–Trinajstić information content (AvgIpc) is 3.38. The number of halogens is 1. The van der Waals surface area contributed by atoms with Crippen molar-refractivity contribution < 1.29 is 18.8 Å². The lowest BCUT2D eigenvalue weighted by Gasteiger charge is -2.41. The molecule has 2 aliphatic heterocycles. The number of likely N-dealkylation sites (tertiary alicyclic amines) is 1. The zero-order valence-electron chi connectivity index (χ0n) is 16.5. The van der Waals surface area contributed by atoms with Gasteiger partial charge in [-0.1, -0.05) is 23.4 Å². The van der Waals surface area contributed by atoms with Gasteiger partial charge in [0.25, 0.3) is 0 Å². The molecule has 0 amide bonds. The highest BCUT2D eigenvalue weighted by Gasteiger charge is 2.47. The van der Waals surface area contributed by atoms with Gasteiger partial charge in [-0.05, 0) is 51.1 Å². The third-order valence-electron chi connectivity index (χ3n) is 6.11. The van der Waals surface area contributed by atoms with Crippen molar-refractivity contribution in [3.05, 3.63) is 35.6 Å². The molecule has 2 atom stereocenters. The summed E-state index contributed by atoms with van der Waals surface area (Å²) < 4.78 is 19.6. The molecule has 1 saturated heterocycles. The van der Waals surface area contributed by atoms with Crippen molar-refractivity contribution in [2.24, 2.45) is 16.5 Å². The third kappa shape index (κ3) is 4.22. The van der Waals surface area contributed by atoms with Gasteiger partial charge in [0.05, 0.1) is 17.7 Å². The van der Waals surface area contributed by atoms with Crippen LogP contribution in [0.2, 0.25) is 0 Å². The minimum absolute atomic E-state index is 0.126. The Hall–Kier alpha value is -1.95. The molecule has 152 valence electrons. The van der Waals surface area contributed by atoms with Gasteiger partial charge in [0.1, 0.15) is 11.9 Å². The molecule has 0 spiro atoms. The van der Waals surface area contributed by atoms with Crippen LogP contribution in [0.25, 0.3) is 0 Å². The van der Waals surface area contributed by atoms with Gasteiger partial charge < -0.3 is 14.5 Å². The lowest BCUT2D eigenvalue weighted by Crippen LogP contribution is -2.50. The molecule has 1 aliphatic carbocycles. The van der Waals surface area contributed by atoms with Crippen molar-refractivity contribution in [1.29, 1.82) is 0 Å². The topological polar surface area (TPSA) is 51.1 Å². The highest BCUT2D eigenvalue weighted by atomic mass is 19.1. The van der Waals surface area contributed by atoms with E-state index >= 15 is 0 Å². The maximum atomic E-state index is 14.1. The number of oxime groups is 1. The molecule has 0 radical (unpaired) electrons. The second kappa shape index (κ2) is 8.19. The van der Waals surface area contributed by atoms with Gasteiger partial charge in [0.2, 0.25) is 0 Å². The predicted octanol–water partition coefficient (Wildman–Crippen LogP) is 3.76. The molecule has 1 aromatic carbocycles. The van der Waals surface area contributed by atoms with Crippen LogP contribution < -0.4 is 0 Å². The molecule has 0 aromatic heterocycles. The van der Waals surface area contributed by atoms with Gasteiger partial charge in [-0.2, -0.15) is 0 Å². The van der Waals surface area contributed by atoms with Crippen LogP contribution >= 0.6 is 0 Å². The number of piperidine rings is 1. The molecule has 28 heavy (non-hydrogen) atoms. The largest absolute Gasteiger partial charge is 0.466 e. The van der Waals surface area contributed by atoms with Gasteiger partial charge in [-0.25, -0.2) is 4.39 Å². The summed E-state index contributed by atoms with van der Waals surface area (Å²) >= 11 is 0. The van der Waals surface area contributed by atoms with Crippen LogP contribution in [0.3, 0.4) is 0 Å². The van der Waals surface area contributed by atoms with E-state index in [9.17, 15) is 9.18 Å². The van der Waals surface area contributed by atoms with Crippen molar-refractivity contribution in [3.63, 3.8) is 0 Å². The number of ether oxygens (including phenoxy) is 1. The third-order valence-corrected chi connectivity index (χ3v) is 6.11. The molecule has 2 fully saturated rings. The Morgan fingerprint density at radius 2 is 2.21 bits per heavy atom. The van der Waals surface area contributed by atoms with E-state index in [1.807, 2.05) is 6.92 Å². The van der Waals surface area contributed by atoms with E-state index in [-0.39, 0.29) is 17.9 Å². The Morgan fingerprint density at radius 3 is 2.96 bits per heavy atom. The first-order valence-corrected chi connectivity index (χ1v) is 10.5. The summed E-state index contributed by atoms with van der Waals surface area (Å²) in [6.45, 7) is 5.06. The summed E-state index contributed by atoms with van der Waals surface area (Å²) in [6, 6.07) is 6.62. The van der Waals surface area contributed by atoms with Crippen LogP contribution in [0.4, 0.5) is 4.39 Å². The van der Waals surface area contributed by atoms with E-state index in [4.69, 9.17) is 9.57 Å². The van der Waals surface area contributed by atoms with Gasteiger partial charge in [0, 0.05) is 31.5 Å². The summed E-state index contributed by atoms with van der Waals surface area (Å²) in [5, 5.41) is 4.14. The molecule has 0 N–H and O–H groups in total. The van der Waals surface area contributed by atoms with Gasteiger partial charge in [-0.15, -0.1) is 0 Å². The van der Waals surface area contributed by atoms with Crippen LogP contribution in [-0.2, 0) is 14.4 Å². The minimum atomic E-state index is -0.561. The molecule has 3 aliphatic rings. The minimum Gasteiger partial charge on any atom is -0.466 e. The Morgan fingerprint density at radius 1 is 1.39 bits per heavy atom. The lowest BCUT2D eigenvalue weighted by atomic mass is 9.74. The van der Waals surface area contributed by atoms with E-state index in [1.165, 1.54) is 18.9 Å². The monoisotopic (exact) mass is 388 g/mol. The summed E-state index contributed by atoms with van der Waals surface area (Å²) in [5.41, 5.74) is 0.538. The predicted molar refractivity (Wildman–Crippen MR) is 105 cm³/mol. The standard InChI is InChI=1S/C22H29FN2O3/c1-2-27-21(26)22(10-5-11-25(15-22)14-16-8-9-16)13-17-12-20(24-28-17)18-6-3-4-7-19(18)23/h3-4,6-7,16-17H,2,5,8-15H2,1H3/t17-,22+/m0/s1. The van der Waals surface area contributed by atoms with Gasteiger partial charge in [-0.3, -0.25) is 4.79 Å². The highest BCUT2D eigenvalue weighted by Crippen LogP contribution is 2.40. The number of carbonyl (C=O) groups is 1. The first-order chi connectivity index (χ1) is 13.6. The van der Waals surface area contributed by atoms with Crippen LogP contribution in [0.5, 0.6) is 0 Å². The Bertz CT molecular complexity index is 749. The maximum Gasteiger partial charge on any atom is 0.313 e. The summed E-state index contributed by atoms with van der Waals surface area (Å²) in [4.78, 5) is 21.0. The van der Waals surface area contributed by atoms with Crippen LogP contribution in [0.15, 0.2) is 29.4 Å². The second-order valence-electron chi connectivity index (χ2n) is 8.44. The number of benzene rings is 1. The van der Waals surface area contributed by atoms with E-state index in [0.717, 1.165) is 38.4 Å². The Labute approximate surface area is 165 Å². The van der Waals surface area contributed by atoms with Gasteiger partial charge >= 0.3 is 5.97 Å². The van der Waals surface area contributed by atoms with E-state index in [1.54, 1.807) is 18.2 Å².